The SMILES string of the molecule is CCOc1ncccc1C(=O)NC1[C@@H]2CC[C@H]1CN(C(=O)C1CCc3ccccc31)C2. The van der Waals surface area contributed by atoms with Crippen LogP contribution in [-0.2, 0) is 11.2 Å². The number of rotatable bonds is 5. The van der Waals surface area contributed by atoms with Crippen molar-refractivity contribution in [3.63, 3.8) is 0 Å². The van der Waals surface area contributed by atoms with Crippen molar-refractivity contribution in [2.24, 2.45) is 11.8 Å². The molecule has 1 saturated heterocycles. The number of hydrogen-bond acceptors (Lipinski definition) is 4. The van der Waals surface area contributed by atoms with Crippen LogP contribution in [0, 0.1) is 11.8 Å². The predicted octanol–water partition coefficient (Wildman–Crippen LogP) is 3.18. The van der Waals surface area contributed by atoms with E-state index in [9.17, 15) is 9.59 Å². The first kappa shape index (κ1) is 20.0. The molecule has 1 N–H and O–H groups in total. The van der Waals surface area contributed by atoms with Gasteiger partial charge in [-0.2, -0.15) is 0 Å². The molecule has 2 unspecified atom stereocenters. The summed E-state index contributed by atoms with van der Waals surface area (Å²) in [6.45, 7) is 3.80. The van der Waals surface area contributed by atoms with E-state index in [0.29, 0.717) is 29.9 Å². The van der Waals surface area contributed by atoms with Crippen LogP contribution in [0.25, 0.3) is 0 Å². The van der Waals surface area contributed by atoms with Gasteiger partial charge in [-0.15, -0.1) is 0 Å². The van der Waals surface area contributed by atoms with Gasteiger partial charge >= 0.3 is 0 Å². The summed E-state index contributed by atoms with van der Waals surface area (Å²) in [7, 11) is 0. The van der Waals surface area contributed by atoms with E-state index in [1.54, 1.807) is 18.3 Å². The normalized spacial score (nSPS) is 26.4. The maximum Gasteiger partial charge on any atom is 0.257 e. The second-order valence-corrected chi connectivity index (χ2v) is 8.92. The Kier molecular flexibility index (Phi) is 5.38. The Balaban J connectivity index is 1.27. The van der Waals surface area contributed by atoms with Crippen molar-refractivity contribution in [1.29, 1.82) is 0 Å². The smallest absolute Gasteiger partial charge is 0.257 e. The third-order valence-corrected chi connectivity index (χ3v) is 7.17. The average Bonchev–Trinajstić information content (AvgIpc) is 3.30. The number of fused-ring (bicyclic) bond motifs is 3. The molecule has 2 heterocycles. The number of aryl methyl sites for hydroxylation is 1. The van der Waals surface area contributed by atoms with E-state index in [1.807, 2.05) is 13.0 Å². The Morgan fingerprint density at radius 3 is 2.65 bits per heavy atom. The molecule has 0 radical (unpaired) electrons. The van der Waals surface area contributed by atoms with E-state index in [-0.39, 0.29) is 23.8 Å². The Bertz CT molecular complexity index is 977. The highest BCUT2D eigenvalue weighted by atomic mass is 16.5. The van der Waals surface area contributed by atoms with Gasteiger partial charge in [-0.05, 0) is 67.7 Å². The van der Waals surface area contributed by atoms with Gasteiger partial charge in [0.1, 0.15) is 5.56 Å². The zero-order chi connectivity index (χ0) is 21.4. The third kappa shape index (κ3) is 3.68. The predicted molar refractivity (Wildman–Crippen MR) is 117 cm³/mol. The molecule has 5 rings (SSSR count). The van der Waals surface area contributed by atoms with Gasteiger partial charge in [-0.1, -0.05) is 24.3 Å². The van der Waals surface area contributed by atoms with Crippen LogP contribution >= 0.6 is 0 Å². The maximum absolute atomic E-state index is 13.4. The molecular formula is C25H29N3O3. The fourth-order valence-corrected chi connectivity index (χ4v) is 5.72. The van der Waals surface area contributed by atoms with E-state index < -0.39 is 0 Å². The molecule has 1 aromatic heterocycles. The Hall–Kier alpha value is -2.89. The van der Waals surface area contributed by atoms with Gasteiger partial charge in [0.25, 0.3) is 5.91 Å². The summed E-state index contributed by atoms with van der Waals surface area (Å²) < 4.78 is 5.53. The summed E-state index contributed by atoms with van der Waals surface area (Å²) in [5.74, 6) is 1.10. The summed E-state index contributed by atoms with van der Waals surface area (Å²) >= 11 is 0. The molecule has 1 aromatic carbocycles. The van der Waals surface area contributed by atoms with Crippen LogP contribution in [0.1, 0.15) is 53.6 Å². The van der Waals surface area contributed by atoms with Crippen LogP contribution in [0.15, 0.2) is 42.6 Å². The van der Waals surface area contributed by atoms with Crippen LogP contribution in [-0.4, -0.2) is 47.4 Å². The number of hydrogen-bond donors (Lipinski definition) is 1. The van der Waals surface area contributed by atoms with Crippen LogP contribution in [0.2, 0.25) is 0 Å². The van der Waals surface area contributed by atoms with Crippen molar-refractivity contribution in [3.05, 3.63) is 59.3 Å². The van der Waals surface area contributed by atoms with Gasteiger partial charge in [0, 0.05) is 25.3 Å². The summed E-state index contributed by atoms with van der Waals surface area (Å²) in [6.07, 6.45) is 5.62. The minimum atomic E-state index is -0.136. The summed E-state index contributed by atoms with van der Waals surface area (Å²) in [5, 5.41) is 3.24. The molecule has 2 aliphatic carbocycles. The lowest BCUT2D eigenvalue weighted by Crippen LogP contribution is -2.54. The van der Waals surface area contributed by atoms with Crippen molar-refractivity contribution >= 4 is 11.8 Å². The van der Waals surface area contributed by atoms with Crippen molar-refractivity contribution in [2.45, 2.75) is 44.6 Å². The minimum absolute atomic E-state index is 0.00844. The second-order valence-electron chi connectivity index (χ2n) is 8.92. The minimum Gasteiger partial charge on any atom is -0.477 e. The Morgan fingerprint density at radius 1 is 1.10 bits per heavy atom. The molecule has 162 valence electrons. The van der Waals surface area contributed by atoms with Crippen LogP contribution in [0.3, 0.4) is 0 Å². The molecule has 2 aromatic rings. The number of likely N-dealkylation sites (tertiary alicyclic amines) is 1. The van der Waals surface area contributed by atoms with Crippen molar-refractivity contribution < 1.29 is 14.3 Å². The number of nitrogens with zero attached hydrogens (tertiary/aromatic N) is 2. The van der Waals surface area contributed by atoms with Gasteiger partial charge in [-0.3, -0.25) is 9.59 Å². The number of nitrogens with one attached hydrogen (secondary N) is 1. The molecule has 1 saturated carbocycles. The number of carbonyl (C=O) groups excluding carboxylic acids is 2. The maximum atomic E-state index is 13.4. The number of pyridine rings is 1. The fourth-order valence-electron chi connectivity index (χ4n) is 5.72. The number of aromatic nitrogens is 1. The summed E-state index contributed by atoms with van der Waals surface area (Å²) in [5.41, 5.74) is 2.99. The molecular weight excluding hydrogens is 390 g/mol. The highest BCUT2D eigenvalue weighted by Gasteiger charge is 2.45. The molecule has 1 aliphatic heterocycles. The molecule has 6 nitrogen and oxygen atoms in total. The van der Waals surface area contributed by atoms with E-state index in [1.165, 1.54) is 11.1 Å². The summed E-state index contributed by atoms with van der Waals surface area (Å²) in [6, 6.07) is 11.9. The number of carbonyl (C=O) groups is 2. The molecule has 0 spiro atoms. The number of piperidine rings is 1. The third-order valence-electron chi connectivity index (χ3n) is 7.17. The lowest BCUT2D eigenvalue weighted by molar-refractivity contribution is -0.135. The van der Waals surface area contributed by atoms with Gasteiger partial charge in [0.2, 0.25) is 11.8 Å². The monoisotopic (exact) mass is 419 g/mol. The van der Waals surface area contributed by atoms with E-state index >= 15 is 0 Å². The van der Waals surface area contributed by atoms with Crippen molar-refractivity contribution in [2.75, 3.05) is 19.7 Å². The quantitative estimate of drug-likeness (QED) is 0.808. The Labute approximate surface area is 183 Å². The van der Waals surface area contributed by atoms with E-state index in [2.05, 4.69) is 33.4 Å². The molecule has 3 aliphatic rings. The topological polar surface area (TPSA) is 71.5 Å². The molecule has 6 heteroatoms. The fraction of sp³-hybridized carbons (Fsp3) is 0.480. The summed E-state index contributed by atoms with van der Waals surface area (Å²) in [4.78, 5) is 32.6. The van der Waals surface area contributed by atoms with Gasteiger partial charge in [0.05, 0.1) is 12.5 Å². The van der Waals surface area contributed by atoms with E-state index in [0.717, 1.165) is 38.8 Å². The molecule has 2 amide bonds. The molecule has 2 fully saturated rings. The highest BCUT2D eigenvalue weighted by Crippen LogP contribution is 2.40. The van der Waals surface area contributed by atoms with Crippen molar-refractivity contribution in [1.82, 2.24) is 15.2 Å². The van der Waals surface area contributed by atoms with Gasteiger partial charge in [-0.25, -0.2) is 4.98 Å². The lowest BCUT2D eigenvalue weighted by Gasteiger charge is -2.39. The largest absolute Gasteiger partial charge is 0.477 e. The highest BCUT2D eigenvalue weighted by molar-refractivity contribution is 5.96. The standard InChI is InChI=1S/C25H29N3O3/c1-2-31-24-21(8-5-13-26-24)23(29)27-22-17-9-10-18(22)15-28(14-17)25(30)20-12-11-16-6-3-4-7-19(16)20/h3-8,13,17-18,20,22H,2,9-12,14-15H2,1H3,(H,27,29)/t17-,18+,20?,22?. The molecule has 31 heavy (non-hydrogen) atoms. The first-order valence-corrected chi connectivity index (χ1v) is 11.4. The number of ether oxygens (including phenoxy) is 1. The first-order chi connectivity index (χ1) is 15.2. The van der Waals surface area contributed by atoms with Crippen molar-refractivity contribution in [3.8, 4) is 5.88 Å². The van der Waals surface area contributed by atoms with Gasteiger partial charge in [0.15, 0.2) is 0 Å². The second kappa shape index (κ2) is 8.33. The average molecular weight is 420 g/mol. The van der Waals surface area contributed by atoms with Crippen LogP contribution in [0.4, 0.5) is 0 Å². The molecule has 4 atom stereocenters. The molecule has 2 bridgehead atoms. The van der Waals surface area contributed by atoms with E-state index in [4.69, 9.17) is 4.74 Å². The zero-order valence-electron chi connectivity index (χ0n) is 17.9. The number of amides is 2. The lowest BCUT2D eigenvalue weighted by atomic mass is 9.90. The zero-order valence-corrected chi connectivity index (χ0v) is 17.9. The van der Waals surface area contributed by atoms with Gasteiger partial charge < -0.3 is 15.0 Å². The first-order valence-electron chi connectivity index (χ1n) is 11.4. The Morgan fingerprint density at radius 2 is 1.87 bits per heavy atom. The van der Waals surface area contributed by atoms with Crippen LogP contribution in [0.5, 0.6) is 5.88 Å². The van der Waals surface area contributed by atoms with Crippen LogP contribution < -0.4 is 10.1 Å². The number of benzene rings is 1.